The molecule has 1 fully saturated rings. The highest BCUT2D eigenvalue weighted by atomic mass is 16.5. The maximum atomic E-state index is 12.3. The van der Waals surface area contributed by atoms with Gasteiger partial charge in [-0.15, -0.1) is 0 Å². The zero-order valence-electron chi connectivity index (χ0n) is 12.4. The maximum absolute atomic E-state index is 12.3. The zero-order chi connectivity index (χ0) is 15.5. The first kappa shape index (κ1) is 14.5. The van der Waals surface area contributed by atoms with E-state index in [0.29, 0.717) is 0 Å². The molecule has 0 unspecified atom stereocenters. The molecule has 3 rings (SSSR count). The van der Waals surface area contributed by atoms with Crippen LogP contribution in [-0.4, -0.2) is 11.8 Å². The van der Waals surface area contributed by atoms with Crippen LogP contribution in [0.15, 0.2) is 60.7 Å². The predicted octanol–water partition coefficient (Wildman–Crippen LogP) is 3.35. The number of rotatable bonds is 5. The van der Waals surface area contributed by atoms with Crippen molar-refractivity contribution in [1.29, 1.82) is 0 Å². The summed E-state index contributed by atoms with van der Waals surface area (Å²) in [6.45, 7) is 1.80. The fourth-order valence-electron chi connectivity index (χ4n) is 3.02. The summed E-state index contributed by atoms with van der Waals surface area (Å²) in [6.07, 6.45) is 0. The predicted molar refractivity (Wildman–Crippen MR) is 83.1 cm³/mol. The van der Waals surface area contributed by atoms with Gasteiger partial charge in [0.2, 0.25) is 0 Å². The van der Waals surface area contributed by atoms with E-state index in [2.05, 4.69) is 0 Å². The Hall–Kier alpha value is -2.42. The van der Waals surface area contributed by atoms with Crippen LogP contribution in [0, 0.1) is 11.8 Å². The van der Waals surface area contributed by atoms with E-state index < -0.39 is 0 Å². The van der Waals surface area contributed by atoms with Crippen LogP contribution in [0.3, 0.4) is 0 Å². The molecule has 0 N–H and O–H groups in total. The molecule has 1 saturated carbocycles. The number of ketones is 1. The lowest BCUT2D eigenvalue weighted by Crippen LogP contribution is -2.10. The smallest absolute Gasteiger partial charge is 0.310 e. The van der Waals surface area contributed by atoms with Crippen LogP contribution < -0.4 is 0 Å². The van der Waals surface area contributed by atoms with Crippen LogP contribution in [0.1, 0.15) is 24.0 Å². The van der Waals surface area contributed by atoms with Crippen molar-refractivity contribution in [1.82, 2.24) is 0 Å². The van der Waals surface area contributed by atoms with Gasteiger partial charge in [0.1, 0.15) is 12.4 Å². The van der Waals surface area contributed by atoms with E-state index in [1.807, 2.05) is 60.7 Å². The van der Waals surface area contributed by atoms with E-state index >= 15 is 0 Å². The minimum atomic E-state index is -0.344. The number of carbonyl (C=O) groups is 2. The summed E-state index contributed by atoms with van der Waals surface area (Å²) in [4.78, 5) is 24.1. The Balaban J connectivity index is 1.68. The molecule has 2 aromatic rings. The van der Waals surface area contributed by atoms with Crippen molar-refractivity contribution >= 4 is 11.8 Å². The van der Waals surface area contributed by atoms with Gasteiger partial charge >= 0.3 is 5.97 Å². The molecule has 0 spiro atoms. The number of hydrogen-bond acceptors (Lipinski definition) is 3. The monoisotopic (exact) mass is 294 g/mol. The Kier molecular flexibility index (Phi) is 4.05. The van der Waals surface area contributed by atoms with Gasteiger partial charge < -0.3 is 4.74 Å². The molecule has 1 aliphatic rings. The second-order valence-electron chi connectivity index (χ2n) is 5.69. The highest BCUT2D eigenvalue weighted by Gasteiger charge is 2.58. The molecule has 0 aromatic heterocycles. The van der Waals surface area contributed by atoms with Crippen molar-refractivity contribution in [3.8, 4) is 0 Å². The summed E-state index contributed by atoms with van der Waals surface area (Å²) in [6, 6.07) is 19.3. The number of hydrogen-bond donors (Lipinski definition) is 0. The third-order valence-electron chi connectivity index (χ3n) is 4.17. The molecule has 3 atom stereocenters. The van der Waals surface area contributed by atoms with Crippen LogP contribution in [0.5, 0.6) is 0 Å². The Morgan fingerprint density at radius 3 is 2.09 bits per heavy atom. The zero-order valence-corrected chi connectivity index (χ0v) is 12.4. The summed E-state index contributed by atoms with van der Waals surface area (Å²) in [5.74, 6) is -0.857. The van der Waals surface area contributed by atoms with E-state index in [9.17, 15) is 9.59 Å². The molecule has 0 bridgehead atoms. The Labute approximate surface area is 129 Å². The Morgan fingerprint density at radius 1 is 0.909 bits per heavy atom. The molecular weight excluding hydrogens is 276 g/mol. The maximum Gasteiger partial charge on any atom is 0.310 e. The number of carbonyl (C=O) groups excluding carboxylic acids is 2. The molecule has 3 nitrogen and oxygen atoms in total. The number of ether oxygens (including phenoxy) is 1. The number of Topliss-reactive ketones (excluding diaryl/α,β-unsaturated/α-hetero) is 1. The number of esters is 1. The lowest BCUT2D eigenvalue weighted by Gasteiger charge is -2.04. The van der Waals surface area contributed by atoms with Gasteiger partial charge in [-0.25, -0.2) is 0 Å². The molecule has 1 aliphatic carbocycles. The first-order chi connectivity index (χ1) is 10.7. The summed E-state index contributed by atoms with van der Waals surface area (Å²) in [5, 5.41) is 0. The highest BCUT2D eigenvalue weighted by molar-refractivity contribution is 5.92. The first-order valence-corrected chi connectivity index (χ1v) is 7.44. The van der Waals surface area contributed by atoms with Crippen LogP contribution in [-0.2, 0) is 20.9 Å². The van der Waals surface area contributed by atoms with Crippen molar-refractivity contribution in [3.63, 3.8) is 0 Å². The van der Waals surface area contributed by atoms with Gasteiger partial charge in [-0.2, -0.15) is 0 Å². The minimum Gasteiger partial charge on any atom is -0.461 e. The van der Waals surface area contributed by atoms with Gasteiger partial charge in [0, 0.05) is 11.8 Å². The van der Waals surface area contributed by atoms with Crippen LogP contribution >= 0.6 is 0 Å². The van der Waals surface area contributed by atoms with Gasteiger partial charge in [0.15, 0.2) is 0 Å². The fourth-order valence-corrected chi connectivity index (χ4v) is 3.02. The Morgan fingerprint density at radius 2 is 1.50 bits per heavy atom. The second kappa shape index (κ2) is 6.14. The minimum absolute atomic E-state index is 0.0398. The largest absolute Gasteiger partial charge is 0.461 e. The van der Waals surface area contributed by atoms with Crippen molar-refractivity contribution in [3.05, 3.63) is 71.8 Å². The normalized spacial score (nSPS) is 22.9. The van der Waals surface area contributed by atoms with Gasteiger partial charge in [-0.1, -0.05) is 60.7 Å². The summed E-state index contributed by atoms with van der Waals surface area (Å²) < 4.78 is 5.39. The topological polar surface area (TPSA) is 43.4 Å². The SMILES string of the molecule is CC(=O)[C@H]1[C@H](C(=O)OCc2ccccc2)[C@@H]1c1ccccc1. The lowest BCUT2D eigenvalue weighted by molar-refractivity contribution is -0.147. The van der Waals surface area contributed by atoms with E-state index in [1.165, 1.54) is 0 Å². The summed E-state index contributed by atoms with van der Waals surface area (Å²) in [7, 11) is 0. The van der Waals surface area contributed by atoms with Gasteiger partial charge in [0.25, 0.3) is 0 Å². The van der Waals surface area contributed by atoms with E-state index in [1.54, 1.807) is 6.92 Å². The third-order valence-corrected chi connectivity index (χ3v) is 4.17. The lowest BCUT2D eigenvalue weighted by atomic mass is 10.1. The van der Waals surface area contributed by atoms with Crippen LogP contribution in [0.25, 0.3) is 0 Å². The highest BCUT2D eigenvalue weighted by Crippen LogP contribution is 2.55. The number of benzene rings is 2. The fraction of sp³-hybridized carbons (Fsp3) is 0.263. The van der Waals surface area contributed by atoms with Crippen molar-refractivity contribution < 1.29 is 14.3 Å². The molecule has 0 saturated heterocycles. The van der Waals surface area contributed by atoms with Crippen molar-refractivity contribution in [2.24, 2.45) is 11.8 Å². The van der Waals surface area contributed by atoms with Gasteiger partial charge in [-0.05, 0) is 18.1 Å². The third kappa shape index (κ3) is 2.93. The van der Waals surface area contributed by atoms with Crippen molar-refractivity contribution in [2.75, 3.05) is 0 Å². The molecule has 112 valence electrons. The van der Waals surface area contributed by atoms with Crippen LogP contribution in [0.4, 0.5) is 0 Å². The molecule has 22 heavy (non-hydrogen) atoms. The molecule has 0 radical (unpaired) electrons. The van der Waals surface area contributed by atoms with Crippen molar-refractivity contribution in [2.45, 2.75) is 19.4 Å². The molecular formula is C19H18O3. The molecule has 2 aromatic carbocycles. The molecule has 0 heterocycles. The quantitative estimate of drug-likeness (QED) is 0.794. The van der Waals surface area contributed by atoms with Crippen LogP contribution in [0.2, 0.25) is 0 Å². The molecule has 0 aliphatic heterocycles. The summed E-state index contributed by atoms with van der Waals surface area (Å²) in [5.41, 5.74) is 1.98. The summed E-state index contributed by atoms with van der Waals surface area (Å²) >= 11 is 0. The van der Waals surface area contributed by atoms with E-state index in [0.717, 1.165) is 11.1 Å². The average Bonchev–Trinajstić information content (AvgIpc) is 3.30. The van der Waals surface area contributed by atoms with Gasteiger partial charge in [0.05, 0.1) is 5.92 Å². The molecule has 3 heteroatoms. The van der Waals surface area contributed by atoms with Gasteiger partial charge in [-0.3, -0.25) is 9.59 Å². The van der Waals surface area contributed by atoms with E-state index in [4.69, 9.17) is 4.74 Å². The average molecular weight is 294 g/mol. The molecule has 0 amide bonds. The Bertz CT molecular complexity index is 664. The van der Waals surface area contributed by atoms with E-state index in [-0.39, 0.29) is 36.1 Å². The standard InChI is InChI=1S/C19H18O3/c1-13(20)16-17(15-10-6-3-7-11-15)18(16)19(21)22-12-14-8-4-2-5-9-14/h2-11,16-18H,12H2,1H3/t16-,17-,18+/m1/s1. The second-order valence-corrected chi connectivity index (χ2v) is 5.69. The first-order valence-electron chi connectivity index (χ1n) is 7.44.